The second-order valence-electron chi connectivity index (χ2n) is 4.67. The van der Waals surface area contributed by atoms with E-state index in [4.69, 9.17) is 5.11 Å². The highest BCUT2D eigenvalue weighted by Crippen LogP contribution is 2.14. The third kappa shape index (κ3) is 3.98. The molecule has 0 aliphatic heterocycles. The van der Waals surface area contributed by atoms with Gasteiger partial charge in [-0.15, -0.1) is 0 Å². The van der Waals surface area contributed by atoms with Gasteiger partial charge in [0.2, 0.25) is 0 Å². The van der Waals surface area contributed by atoms with Crippen molar-refractivity contribution in [2.75, 3.05) is 0 Å². The van der Waals surface area contributed by atoms with E-state index in [0.717, 1.165) is 5.56 Å². The van der Waals surface area contributed by atoms with Gasteiger partial charge < -0.3 is 5.11 Å². The lowest BCUT2D eigenvalue weighted by atomic mass is 10.1. The first-order chi connectivity index (χ1) is 10.4. The molecule has 0 aliphatic carbocycles. The lowest BCUT2D eigenvalue weighted by Gasteiger charge is -1.99. The highest BCUT2D eigenvalue weighted by atomic mass is 32.2. The van der Waals surface area contributed by atoms with E-state index in [2.05, 4.69) is 9.63 Å². The number of hydrogen-bond acceptors (Lipinski definition) is 4. The summed E-state index contributed by atoms with van der Waals surface area (Å²) in [5.41, 5.74) is 1.79. The van der Waals surface area contributed by atoms with Crippen LogP contribution in [0.25, 0.3) is 0 Å². The minimum atomic E-state index is -3.80. The molecule has 114 valence electrons. The van der Waals surface area contributed by atoms with Gasteiger partial charge >= 0.3 is 5.97 Å². The molecule has 22 heavy (non-hydrogen) atoms. The molecule has 0 saturated carbocycles. The van der Waals surface area contributed by atoms with Gasteiger partial charge in [0.1, 0.15) is 0 Å². The maximum Gasteiger partial charge on any atom is 0.335 e. The second kappa shape index (κ2) is 6.48. The van der Waals surface area contributed by atoms with Crippen molar-refractivity contribution in [1.29, 1.82) is 0 Å². The first-order valence-electron chi connectivity index (χ1n) is 6.41. The van der Waals surface area contributed by atoms with E-state index in [1.165, 1.54) is 24.3 Å². The van der Waals surface area contributed by atoms with Crippen LogP contribution in [0.15, 0.2) is 63.1 Å². The van der Waals surface area contributed by atoms with Crippen LogP contribution in [0.2, 0.25) is 0 Å². The molecule has 0 bridgehead atoms. The average Bonchev–Trinajstić information content (AvgIpc) is 2.48. The van der Waals surface area contributed by atoms with Gasteiger partial charge in [-0.05, 0) is 36.8 Å². The normalized spacial score (nSPS) is 11.7. The van der Waals surface area contributed by atoms with Gasteiger partial charge in [-0.2, -0.15) is 13.5 Å². The Bertz CT molecular complexity index is 794. The van der Waals surface area contributed by atoms with Crippen molar-refractivity contribution in [3.8, 4) is 0 Å². The zero-order chi connectivity index (χ0) is 16.2. The predicted octanol–water partition coefficient (Wildman–Crippen LogP) is 3.03. The highest BCUT2D eigenvalue weighted by Gasteiger charge is 2.12. The molecule has 0 aliphatic rings. The standard InChI is InChI=1S/C15H14N2O4S/c1-11-2-8-14(9-3-11)22(20,21)17-16-10-12-4-6-13(7-5-12)15(18)19/h2-9H,10H2,1H3,(H,18,19). The Kier molecular flexibility index (Phi) is 4.67. The Hall–Kier alpha value is -2.54. The third-order valence-electron chi connectivity index (χ3n) is 2.94. The molecule has 0 saturated heterocycles. The number of carboxylic acids is 1. The summed E-state index contributed by atoms with van der Waals surface area (Å²) in [7, 11) is -3.80. The summed E-state index contributed by atoms with van der Waals surface area (Å²) < 4.78 is 27.3. The van der Waals surface area contributed by atoms with Gasteiger partial charge in [-0.3, -0.25) is 0 Å². The largest absolute Gasteiger partial charge is 0.478 e. The SMILES string of the molecule is Cc1ccc(S(=O)(=O)N=NCc2ccc(C(=O)O)cc2)cc1. The molecule has 1 N–H and O–H groups in total. The van der Waals surface area contributed by atoms with Crippen LogP contribution in [0.3, 0.4) is 0 Å². The Labute approximate surface area is 128 Å². The number of nitrogens with zero attached hydrogens (tertiary/aromatic N) is 2. The van der Waals surface area contributed by atoms with Crippen LogP contribution in [0, 0.1) is 6.92 Å². The molecule has 0 atom stereocenters. The molecule has 6 nitrogen and oxygen atoms in total. The van der Waals surface area contributed by atoms with Crippen LogP contribution >= 0.6 is 0 Å². The van der Waals surface area contributed by atoms with Crippen LogP contribution in [0.1, 0.15) is 21.5 Å². The van der Waals surface area contributed by atoms with E-state index >= 15 is 0 Å². The fourth-order valence-corrected chi connectivity index (χ4v) is 2.48. The zero-order valence-corrected chi connectivity index (χ0v) is 12.6. The summed E-state index contributed by atoms with van der Waals surface area (Å²) in [6, 6.07) is 12.3. The van der Waals surface area contributed by atoms with Gasteiger partial charge in [0.05, 0.1) is 17.0 Å². The summed E-state index contributed by atoms with van der Waals surface area (Å²) in [6.07, 6.45) is 0. The zero-order valence-electron chi connectivity index (χ0n) is 11.8. The predicted molar refractivity (Wildman–Crippen MR) is 80.3 cm³/mol. The smallest absolute Gasteiger partial charge is 0.335 e. The fraction of sp³-hybridized carbons (Fsp3) is 0.133. The van der Waals surface area contributed by atoms with E-state index in [1.54, 1.807) is 24.3 Å². The Balaban J connectivity index is 2.08. The minimum absolute atomic E-state index is 0.0605. The van der Waals surface area contributed by atoms with Crippen LogP contribution in [0.5, 0.6) is 0 Å². The van der Waals surface area contributed by atoms with Crippen molar-refractivity contribution in [2.24, 2.45) is 9.63 Å². The van der Waals surface area contributed by atoms with Gasteiger partial charge in [0.15, 0.2) is 0 Å². The first kappa shape index (κ1) is 15.8. The monoisotopic (exact) mass is 318 g/mol. The molecule has 0 spiro atoms. The number of benzene rings is 2. The van der Waals surface area contributed by atoms with Gasteiger partial charge in [-0.1, -0.05) is 34.3 Å². The number of carbonyl (C=O) groups is 1. The first-order valence-corrected chi connectivity index (χ1v) is 7.85. The Morgan fingerprint density at radius 2 is 1.64 bits per heavy atom. The topological polar surface area (TPSA) is 96.2 Å². The molecule has 7 heteroatoms. The maximum atomic E-state index is 11.9. The molecule has 2 aromatic carbocycles. The summed E-state index contributed by atoms with van der Waals surface area (Å²) in [4.78, 5) is 10.8. The number of carboxylic acid groups (broad SMARTS) is 1. The molecule has 0 radical (unpaired) electrons. The van der Waals surface area contributed by atoms with E-state index in [9.17, 15) is 13.2 Å². The minimum Gasteiger partial charge on any atom is -0.478 e. The third-order valence-corrected chi connectivity index (χ3v) is 4.14. The van der Waals surface area contributed by atoms with Crippen molar-refractivity contribution in [3.05, 3.63) is 65.2 Å². The molecule has 0 heterocycles. The Morgan fingerprint density at radius 1 is 1.05 bits per heavy atom. The van der Waals surface area contributed by atoms with Crippen molar-refractivity contribution in [1.82, 2.24) is 0 Å². The average molecular weight is 318 g/mol. The highest BCUT2D eigenvalue weighted by molar-refractivity contribution is 7.90. The summed E-state index contributed by atoms with van der Waals surface area (Å²) >= 11 is 0. The lowest BCUT2D eigenvalue weighted by molar-refractivity contribution is 0.0697. The molecule has 0 amide bonds. The Morgan fingerprint density at radius 3 is 2.18 bits per heavy atom. The second-order valence-corrected chi connectivity index (χ2v) is 6.26. The van der Waals surface area contributed by atoms with Crippen LogP contribution in [0.4, 0.5) is 0 Å². The molecule has 0 unspecified atom stereocenters. The van der Waals surface area contributed by atoms with Gasteiger partial charge in [-0.25, -0.2) is 4.79 Å². The van der Waals surface area contributed by atoms with E-state index < -0.39 is 16.0 Å². The summed E-state index contributed by atoms with van der Waals surface area (Å²) in [6.45, 7) is 1.92. The lowest BCUT2D eigenvalue weighted by Crippen LogP contribution is -1.97. The summed E-state index contributed by atoms with van der Waals surface area (Å²) in [5.74, 6) is -1.02. The number of aromatic carboxylic acids is 1. The molecule has 2 aromatic rings. The van der Waals surface area contributed by atoms with Gasteiger partial charge in [0.25, 0.3) is 10.0 Å². The van der Waals surface area contributed by atoms with E-state index in [-0.39, 0.29) is 17.0 Å². The van der Waals surface area contributed by atoms with Crippen molar-refractivity contribution in [2.45, 2.75) is 18.4 Å². The fourth-order valence-electron chi connectivity index (χ4n) is 1.70. The number of sulfonamides is 1. The summed E-state index contributed by atoms with van der Waals surface area (Å²) in [5, 5.41) is 12.5. The van der Waals surface area contributed by atoms with Gasteiger partial charge in [0, 0.05) is 0 Å². The quantitative estimate of drug-likeness (QED) is 0.857. The van der Waals surface area contributed by atoms with E-state index in [1.807, 2.05) is 6.92 Å². The number of rotatable bonds is 5. The molecular weight excluding hydrogens is 304 g/mol. The molecule has 2 rings (SSSR count). The van der Waals surface area contributed by atoms with Crippen molar-refractivity contribution >= 4 is 16.0 Å². The molecular formula is C15H14N2O4S. The molecule has 0 aromatic heterocycles. The van der Waals surface area contributed by atoms with Crippen LogP contribution < -0.4 is 0 Å². The van der Waals surface area contributed by atoms with Crippen molar-refractivity contribution < 1.29 is 18.3 Å². The van der Waals surface area contributed by atoms with Crippen LogP contribution in [-0.2, 0) is 16.6 Å². The maximum absolute atomic E-state index is 11.9. The van der Waals surface area contributed by atoms with E-state index in [0.29, 0.717) is 5.56 Å². The number of hydrogen-bond donors (Lipinski definition) is 1. The van der Waals surface area contributed by atoms with Crippen LogP contribution in [-0.4, -0.2) is 19.5 Å². The number of aryl methyl sites for hydroxylation is 1. The van der Waals surface area contributed by atoms with Crippen molar-refractivity contribution in [3.63, 3.8) is 0 Å². The molecule has 0 fully saturated rings.